The lowest BCUT2D eigenvalue weighted by molar-refractivity contribution is 0.171. The van der Waals surface area contributed by atoms with Crippen molar-refractivity contribution >= 4 is 27.3 Å². The Morgan fingerprint density at radius 2 is 2.00 bits per heavy atom. The summed E-state index contributed by atoms with van der Waals surface area (Å²) in [4.78, 5) is 1.05. The molecule has 0 saturated carbocycles. The molecule has 3 heteroatoms. The molecule has 1 nitrogen and oxygen atoms in total. The van der Waals surface area contributed by atoms with Crippen LogP contribution in [-0.2, 0) is 6.42 Å². The zero-order valence-corrected chi connectivity index (χ0v) is 12.1. The quantitative estimate of drug-likeness (QED) is 0.882. The van der Waals surface area contributed by atoms with E-state index in [0.717, 1.165) is 21.5 Å². The highest BCUT2D eigenvalue weighted by Gasteiger charge is 2.12. The van der Waals surface area contributed by atoms with Crippen LogP contribution in [0.3, 0.4) is 0 Å². The lowest BCUT2D eigenvalue weighted by Crippen LogP contribution is -1.97. The van der Waals surface area contributed by atoms with E-state index < -0.39 is 0 Å². The van der Waals surface area contributed by atoms with Crippen molar-refractivity contribution in [1.29, 1.82) is 0 Å². The molecule has 1 aromatic heterocycles. The Labute approximate surface area is 114 Å². The second-order valence-corrected chi connectivity index (χ2v) is 6.55. The van der Waals surface area contributed by atoms with E-state index in [-0.39, 0.29) is 6.10 Å². The molecule has 0 amide bonds. The van der Waals surface area contributed by atoms with Crippen molar-refractivity contribution in [2.24, 2.45) is 0 Å². The summed E-state index contributed by atoms with van der Waals surface area (Å²) in [5.74, 6) is 0. The summed E-state index contributed by atoms with van der Waals surface area (Å²) in [6, 6.07) is 12.3. The van der Waals surface area contributed by atoms with E-state index in [9.17, 15) is 5.11 Å². The van der Waals surface area contributed by atoms with Gasteiger partial charge in [-0.05, 0) is 52.9 Å². The van der Waals surface area contributed by atoms with Crippen molar-refractivity contribution in [2.75, 3.05) is 0 Å². The molecular formula is C14H15BrOS. The molecule has 90 valence electrons. The predicted octanol–water partition coefficient (Wildman–Crippen LogP) is 4.49. The van der Waals surface area contributed by atoms with Gasteiger partial charge in [-0.2, -0.15) is 0 Å². The molecular weight excluding hydrogens is 296 g/mol. The first-order valence-corrected chi connectivity index (χ1v) is 7.25. The van der Waals surface area contributed by atoms with E-state index in [0.29, 0.717) is 0 Å². The summed E-state index contributed by atoms with van der Waals surface area (Å²) in [5.41, 5.74) is 2.47. The Morgan fingerprint density at radius 1 is 1.29 bits per heavy atom. The molecule has 0 radical (unpaired) electrons. The minimum Gasteiger partial charge on any atom is -0.388 e. The van der Waals surface area contributed by atoms with E-state index in [1.54, 1.807) is 11.3 Å². The van der Waals surface area contributed by atoms with Crippen LogP contribution in [-0.4, -0.2) is 5.11 Å². The van der Waals surface area contributed by atoms with Crippen LogP contribution in [0.2, 0.25) is 0 Å². The third-order valence-electron chi connectivity index (χ3n) is 2.75. The highest BCUT2D eigenvalue weighted by Crippen LogP contribution is 2.33. The van der Waals surface area contributed by atoms with Crippen molar-refractivity contribution in [1.82, 2.24) is 0 Å². The summed E-state index contributed by atoms with van der Waals surface area (Å²) < 4.78 is 1.12. The van der Waals surface area contributed by atoms with Crippen LogP contribution < -0.4 is 0 Å². The lowest BCUT2D eigenvalue weighted by Gasteiger charge is -2.08. The van der Waals surface area contributed by atoms with Crippen LogP contribution in [0, 0.1) is 6.92 Å². The topological polar surface area (TPSA) is 20.2 Å². The Hall–Kier alpha value is -0.640. The Bertz CT molecular complexity index is 459. The van der Waals surface area contributed by atoms with Crippen molar-refractivity contribution in [3.05, 3.63) is 56.2 Å². The van der Waals surface area contributed by atoms with Crippen LogP contribution in [0.5, 0.6) is 0 Å². The highest BCUT2D eigenvalue weighted by atomic mass is 79.9. The zero-order valence-electron chi connectivity index (χ0n) is 9.69. The van der Waals surface area contributed by atoms with Gasteiger partial charge in [-0.1, -0.05) is 30.3 Å². The van der Waals surface area contributed by atoms with Crippen LogP contribution in [0.4, 0.5) is 0 Å². The largest absolute Gasteiger partial charge is 0.388 e. The fourth-order valence-electron chi connectivity index (χ4n) is 1.74. The number of rotatable bonds is 4. The van der Waals surface area contributed by atoms with Gasteiger partial charge in [0, 0.05) is 4.88 Å². The predicted molar refractivity (Wildman–Crippen MR) is 76.5 cm³/mol. The van der Waals surface area contributed by atoms with Gasteiger partial charge >= 0.3 is 0 Å². The standard InChI is InChI=1S/C14H15BrOS/c1-10-9-13(17-14(10)15)12(16)8-7-11-5-3-2-4-6-11/h2-6,9,12,16H,7-8H2,1H3. The SMILES string of the molecule is Cc1cc(C(O)CCc2ccccc2)sc1Br. The molecule has 1 heterocycles. The van der Waals surface area contributed by atoms with Crippen LogP contribution in [0.25, 0.3) is 0 Å². The minimum absolute atomic E-state index is 0.356. The molecule has 0 saturated heterocycles. The van der Waals surface area contributed by atoms with Gasteiger partial charge in [0.2, 0.25) is 0 Å². The van der Waals surface area contributed by atoms with Gasteiger partial charge in [0.15, 0.2) is 0 Å². The summed E-state index contributed by atoms with van der Waals surface area (Å²) in [6.45, 7) is 2.05. The summed E-state index contributed by atoms with van der Waals surface area (Å²) >= 11 is 5.11. The fraction of sp³-hybridized carbons (Fsp3) is 0.286. The first-order valence-electron chi connectivity index (χ1n) is 5.64. The van der Waals surface area contributed by atoms with Gasteiger partial charge in [-0.15, -0.1) is 11.3 Å². The minimum atomic E-state index is -0.356. The van der Waals surface area contributed by atoms with Gasteiger partial charge in [0.25, 0.3) is 0 Å². The average Bonchev–Trinajstić information content (AvgIpc) is 2.68. The highest BCUT2D eigenvalue weighted by molar-refractivity contribution is 9.11. The number of aryl methyl sites for hydroxylation is 2. The number of halogens is 1. The second-order valence-electron chi connectivity index (χ2n) is 4.15. The van der Waals surface area contributed by atoms with Gasteiger partial charge in [0.05, 0.1) is 9.89 Å². The maximum Gasteiger partial charge on any atom is 0.0885 e. The first-order chi connectivity index (χ1) is 8.16. The molecule has 1 aromatic carbocycles. The maximum absolute atomic E-state index is 10.1. The fourth-order valence-corrected chi connectivity index (χ4v) is 3.33. The normalized spacial score (nSPS) is 12.6. The van der Waals surface area contributed by atoms with Crippen molar-refractivity contribution in [2.45, 2.75) is 25.9 Å². The van der Waals surface area contributed by atoms with Crippen molar-refractivity contribution < 1.29 is 5.11 Å². The molecule has 2 aromatic rings. The maximum atomic E-state index is 10.1. The van der Waals surface area contributed by atoms with E-state index in [4.69, 9.17) is 0 Å². The zero-order chi connectivity index (χ0) is 12.3. The van der Waals surface area contributed by atoms with Crippen LogP contribution in [0.1, 0.15) is 28.5 Å². The van der Waals surface area contributed by atoms with Gasteiger partial charge in [-0.3, -0.25) is 0 Å². The Morgan fingerprint density at radius 3 is 2.59 bits per heavy atom. The molecule has 0 fully saturated rings. The van der Waals surface area contributed by atoms with E-state index in [1.165, 1.54) is 11.1 Å². The smallest absolute Gasteiger partial charge is 0.0885 e. The molecule has 1 atom stereocenters. The van der Waals surface area contributed by atoms with Crippen molar-refractivity contribution in [3.63, 3.8) is 0 Å². The number of aliphatic hydroxyl groups excluding tert-OH is 1. The van der Waals surface area contributed by atoms with Gasteiger partial charge in [0.1, 0.15) is 0 Å². The van der Waals surface area contributed by atoms with Crippen LogP contribution in [0.15, 0.2) is 40.2 Å². The number of thiophene rings is 1. The molecule has 2 rings (SSSR count). The van der Waals surface area contributed by atoms with Gasteiger partial charge < -0.3 is 5.11 Å². The molecule has 0 aliphatic heterocycles. The van der Waals surface area contributed by atoms with Crippen LogP contribution >= 0.6 is 27.3 Å². The summed E-state index contributed by atoms with van der Waals surface area (Å²) in [5, 5.41) is 10.1. The number of benzene rings is 1. The molecule has 0 aliphatic carbocycles. The van der Waals surface area contributed by atoms with E-state index in [2.05, 4.69) is 34.1 Å². The average molecular weight is 311 g/mol. The lowest BCUT2D eigenvalue weighted by atomic mass is 10.1. The molecule has 1 unspecified atom stereocenters. The second kappa shape index (κ2) is 5.80. The van der Waals surface area contributed by atoms with Gasteiger partial charge in [-0.25, -0.2) is 0 Å². The molecule has 0 bridgehead atoms. The summed E-state index contributed by atoms with van der Waals surface area (Å²) in [7, 11) is 0. The Kier molecular flexibility index (Phi) is 4.37. The molecule has 17 heavy (non-hydrogen) atoms. The first kappa shape index (κ1) is 12.8. The Balaban J connectivity index is 1.96. The van der Waals surface area contributed by atoms with Crippen molar-refractivity contribution in [3.8, 4) is 0 Å². The number of aliphatic hydroxyl groups is 1. The third kappa shape index (κ3) is 3.41. The molecule has 0 spiro atoms. The summed E-state index contributed by atoms with van der Waals surface area (Å²) in [6.07, 6.45) is 1.33. The third-order valence-corrected chi connectivity index (χ3v) is 4.99. The molecule has 0 aliphatic rings. The van der Waals surface area contributed by atoms with E-state index >= 15 is 0 Å². The molecule has 1 N–H and O–H groups in total. The monoisotopic (exact) mass is 310 g/mol. The number of hydrogen-bond donors (Lipinski definition) is 1. The number of hydrogen-bond acceptors (Lipinski definition) is 2. The van der Waals surface area contributed by atoms with E-state index in [1.807, 2.05) is 25.1 Å².